The zero-order valence-electron chi connectivity index (χ0n) is 14.6. The maximum atomic E-state index is 12.2. The van der Waals surface area contributed by atoms with Crippen LogP contribution in [0.2, 0.25) is 0 Å². The number of nitro benzene ring substituents is 1. The average molecular weight is 419 g/mol. The predicted molar refractivity (Wildman–Crippen MR) is 99.8 cm³/mol. The van der Waals surface area contributed by atoms with E-state index in [4.69, 9.17) is 0 Å². The topological polar surface area (TPSA) is 160 Å². The lowest BCUT2D eigenvalue weighted by atomic mass is 10.3. The van der Waals surface area contributed by atoms with E-state index in [1.165, 1.54) is 25.2 Å². The molecular weight excluding hydrogens is 398 g/mol. The third-order valence-electron chi connectivity index (χ3n) is 3.85. The first-order valence-electron chi connectivity index (χ1n) is 8.05. The number of hydrogen-bond acceptors (Lipinski definition) is 7. The van der Waals surface area contributed by atoms with Gasteiger partial charge in [0.25, 0.3) is 5.69 Å². The summed E-state index contributed by atoms with van der Waals surface area (Å²) in [6, 6.07) is 4.52. The van der Waals surface area contributed by atoms with Gasteiger partial charge in [-0.15, -0.1) is 0 Å². The molecule has 0 amide bonds. The van der Waals surface area contributed by atoms with E-state index >= 15 is 0 Å². The molecule has 3 N–H and O–H groups in total. The second kappa shape index (κ2) is 8.63. The van der Waals surface area contributed by atoms with Gasteiger partial charge in [0, 0.05) is 38.3 Å². The molecule has 0 aliphatic carbocycles. The molecule has 0 radical (unpaired) electrons. The van der Waals surface area contributed by atoms with Crippen molar-refractivity contribution >= 4 is 31.5 Å². The van der Waals surface area contributed by atoms with Gasteiger partial charge in [-0.1, -0.05) is 6.07 Å². The minimum Gasteiger partial charge on any atom is -0.355 e. The molecule has 1 saturated heterocycles. The fraction of sp³-hybridized carbons (Fsp3) is 0.500. The first-order chi connectivity index (χ1) is 12.6. The highest BCUT2D eigenvalue weighted by Crippen LogP contribution is 2.16. The quantitative estimate of drug-likeness (QED) is 0.171. The van der Waals surface area contributed by atoms with E-state index in [0.29, 0.717) is 12.4 Å². The van der Waals surface area contributed by atoms with E-state index in [9.17, 15) is 26.9 Å². The number of nitro groups is 1. The first kappa shape index (κ1) is 21.1. The van der Waals surface area contributed by atoms with Gasteiger partial charge >= 0.3 is 0 Å². The monoisotopic (exact) mass is 419 g/mol. The minimum atomic E-state index is -3.89. The Morgan fingerprint density at radius 3 is 2.70 bits per heavy atom. The van der Waals surface area contributed by atoms with Crippen molar-refractivity contribution in [3.63, 3.8) is 0 Å². The Balaban J connectivity index is 1.84. The Morgan fingerprint density at radius 1 is 1.37 bits per heavy atom. The molecule has 0 bridgehead atoms. The molecule has 1 fully saturated rings. The molecule has 13 heteroatoms. The molecule has 1 aromatic carbocycles. The molecule has 1 aromatic rings. The van der Waals surface area contributed by atoms with Crippen molar-refractivity contribution in [1.29, 1.82) is 0 Å². The predicted octanol–water partition coefficient (Wildman–Crippen LogP) is -0.775. The maximum absolute atomic E-state index is 12.2. The summed E-state index contributed by atoms with van der Waals surface area (Å²) < 4.78 is 49.7. The van der Waals surface area contributed by atoms with Crippen molar-refractivity contribution in [1.82, 2.24) is 15.4 Å². The van der Waals surface area contributed by atoms with Gasteiger partial charge in [0.1, 0.15) is 0 Å². The van der Waals surface area contributed by atoms with Crippen molar-refractivity contribution in [2.24, 2.45) is 4.99 Å². The molecule has 11 nitrogen and oxygen atoms in total. The summed E-state index contributed by atoms with van der Waals surface area (Å²) >= 11 is 0. The Morgan fingerprint density at radius 2 is 2.11 bits per heavy atom. The number of guanidine groups is 1. The normalized spacial score (nSPS) is 19.6. The van der Waals surface area contributed by atoms with E-state index < -0.39 is 24.8 Å². The standard InChI is InChI=1S/C14H21N5O6S2/c1-15-14(18-11-5-8-26(22,23)10-11)16-6-7-17-27(24,25)13-4-2-3-12(9-13)19(20)21/h2-4,9,11,17H,5-8,10H2,1H3,(H2,15,16,18). The molecule has 1 atom stereocenters. The number of aliphatic imine (C=N–C) groups is 1. The summed E-state index contributed by atoms with van der Waals surface area (Å²) in [6.45, 7) is 0.196. The van der Waals surface area contributed by atoms with E-state index in [0.717, 1.165) is 6.07 Å². The van der Waals surface area contributed by atoms with Crippen LogP contribution in [0.1, 0.15) is 6.42 Å². The number of sulfone groups is 1. The van der Waals surface area contributed by atoms with Gasteiger partial charge in [-0.05, 0) is 12.5 Å². The third-order valence-corrected chi connectivity index (χ3v) is 7.07. The van der Waals surface area contributed by atoms with Crippen LogP contribution >= 0.6 is 0 Å². The lowest BCUT2D eigenvalue weighted by Gasteiger charge is -2.16. The zero-order chi connectivity index (χ0) is 20.1. The molecule has 27 heavy (non-hydrogen) atoms. The highest BCUT2D eigenvalue weighted by Gasteiger charge is 2.28. The van der Waals surface area contributed by atoms with Crippen LogP contribution in [-0.2, 0) is 19.9 Å². The second-order valence-electron chi connectivity index (χ2n) is 5.90. The summed E-state index contributed by atoms with van der Waals surface area (Å²) in [5.74, 6) is 0.532. The van der Waals surface area contributed by atoms with Crippen LogP contribution in [0.4, 0.5) is 5.69 Å². The van der Waals surface area contributed by atoms with Gasteiger partial charge in [-0.2, -0.15) is 0 Å². The van der Waals surface area contributed by atoms with Crippen molar-refractivity contribution in [2.45, 2.75) is 17.4 Å². The molecule has 0 spiro atoms. The van der Waals surface area contributed by atoms with Crippen LogP contribution in [0, 0.1) is 10.1 Å². The molecule has 1 aliphatic rings. The number of nitrogens with zero attached hydrogens (tertiary/aromatic N) is 2. The molecular formula is C14H21N5O6S2. The Hall–Kier alpha value is -2.25. The van der Waals surface area contributed by atoms with Crippen molar-refractivity contribution in [3.8, 4) is 0 Å². The summed E-state index contributed by atoms with van der Waals surface area (Å²) in [5, 5.41) is 16.6. The fourth-order valence-electron chi connectivity index (χ4n) is 2.51. The largest absolute Gasteiger partial charge is 0.355 e. The second-order valence-corrected chi connectivity index (χ2v) is 9.89. The van der Waals surface area contributed by atoms with Crippen LogP contribution < -0.4 is 15.4 Å². The highest BCUT2D eigenvalue weighted by atomic mass is 32.2. The number of nitrogens with one attached hydrogen (secondary N) is 3. The number of sulfonamides is 1. The van der Waals surface area contributed by atoms with Crippen LogP contribution in [0.5, 0.6) is 0 Å². The number of non-ortho nitro benzene ring substituents is 1. The molecule has 150 valence electrons. The summed E-state index contributed by atoms with van der Waals surface area (Å²) in [5.41, 5.74) is -0.313. The summed E-state index contributed by atoms with van der Waals surface area (Å²) in [4.78, 5) is 13.9. The minimum absolute atomic E-state index is 0.00862. The lowest BCUT2D eigenvalue weighted by molar-refractivity contribution is -0.385. The van der Waals surface area contributed by atoms with Crippen molar-refractivity contribution in [3.05, 3.63) is 34.4 Å². The van der Waals surface area contributed by atoms with Crippen molar-refractivity contribution in [2.75, 3.05) is 31.6 Å². The van der Waals surface area contributed by atoms with Gasteiger partial charge < -0.3 is 10.6 Å². The van der Waals surface area contributed by atoms with Crippen LogP contribution in [0.3, 0.4) is 0 Å². The van der Waals surface area contributed by atoms with Crippen LogP contribution in [0.15, 0.2) is 34.2 Å². The smallest absolute Gasteiger partial charge is 0.270 e. The summed E-state index contributed by atoms with van der Waals surface area (Å²) in [7, 11) is -5.39. The average Bonchev–Trinajstić information content (AvgIpc) is 2.96. The van der Waals surface area contributed by atoms with Crippen molar-refractivity contribution < 1.29 is 21.8 Å². The first-order valence-corrected chi connectivity index (χ1v) is 11.4. The Kier molecular flexibility index (Phi) is 6.73. The summed E-state index contributed by atoms with van der Waals surface area (Å²) in [6.07, 6.45) is 0.489. The van der Waals surface area contributed by atoms with E-state index in [1.807, 2.05) is 0 Å². The third kappa shape index (κ3) is 6.15. The van der Waals surface area contributed by atoms with E-state index in [-0.39, 0.29) is 41.2 Å². The van der Waals surface area contributed by atoms with Gasteiger partial charge in [-0.25, -0.2) is 21.6 Å². The molecule has 1 heterocycles. The lowest BCUT2D eigenvalue weighted by Crippen LogP contribution is -2.46. The Labute approximate surface area is 157 Å². The van der Waals surface area contributed by atoms with E-state index in [1.54, 1.807) is 0 Å². The molecule has 0 saturated carbocycles. The van der Waals surface area contributed by atoms with Gasteiger partial charge in [-0.3, -0.25) is 15.1 Å². The van der Waals surface area contributed by atoms with Gasteiger partial charge in [0.05, 0.1) is 21.3 Å². The maximum Gasteiger partial charge on any atom is 0.270 e. The fourth-order valence-corrected chi connectivity index (χ4v) is 5.26. The molecule has 0 aromatic heterocycles. The van der Waals surface area contributed by atoms with E-state index in [2.05, 4.69) is 20.3 Å². The molecule has 1 unspecified atom stereocenters. The van der Waals surface area contributed by atoms with Gasteiger partial charge in [0.2, 0.25) is 10.0 Å². The molecule has 1 aliphatic heterocycles. The molecule has 2 rings (SSSR count). The number of hydrogen-bond donors (Lipinski definition) is 3. The van der Waals surface area contributed by atoms with Crippen LogP contribution in [-0.4, -0.2) is 65.4 Å². The van der Waals surface area contributed by atoms with Gasteiger partial charge in [0.15, 0.2) is 15.8 Å². The number of rotatable bonds is 7. The SMILES string of the molecule is CN=C(NCCNS(=O)(=O)c1cccc([N+](=O)[O-])c1)NC1CCS(=O)(=O)C1. The Bertz CT molecular complexity index is 929. The highest BCUT2D eigenvalue weighted by molar-refractivity contribution is 7.91. The van der Waals surface area contributed by atoms with Crippen LogP contribution in [0.25, 0.3) is 0 Å². The zero-order valence-corrected chi connectivity index (χ0v) is 16.2. The number of benzene rings is 1.